The number of hydrogen-bond donors (Lipinski definition) is 2. The summed E-state index contributed by atoms with van der Waals surface area (Å²) in [6.07, 6.45) is 7.54. The van der Waals surface area contributed by atoms with Gasteiger partial charge in [-0.05, 0) is 36.2 Å². The van der Waals surface area contributed by atoms with Crippen LogP contribution in [0, 0.1) is 0 Å². The molecule has 1 amide bonds. The van der Waals surface area contributed by atoms with Crippen LogP contribution in [0.15, 0.2) is 72.0 Å². The molecule has 0 saturated heterocycles. The standard InChI is InChI=1S/C20H17N5O2/c26-19-15-3-1-2-4-17(15)22-13-16(19)20(27)23-18-8-12-25(24-18)11-7-14-5-9-21-10-6-14/h1-6,8-10,12-13H,7,11H2,(H,22,26)(H,23,24,27). The summed E-state index contributed by atoms with van der Waals surface area (Å²) in [5, 5.41) is 7.50. The van der Waals surface area contributed by atoms with E-state index in [1.807, 2.05) is 18.2 Å². The highest BCUT2D eigenvalue weighted by atomic mass is 16.2. The molecular formula is C20H17N5O2. The summed E-state index contributed by atoms with van der Waals surface area (Å²) in [6.45, 7) is 0.677. The lowest BCUT2D eigenvalue weighted by Crippen LogP contribution is -2.22. The molecule has 0 aliphatic carbocycles. The molecule has 4 aromatic rings. The van der Waals surface area contributed by atoms with Crippen molar-refractivity contribution in [1.82, 2.24) is 19.7 Å². The van der Waals surface area contributed by atoms with E-state index in [9.17, 15) is 9.59 Å². The zero-order valence-electron chi connectivity index (χ0n) is 14.4. The minimum Gasteiger partial charge on any atom is -0.360 e. The van der Waals surface area contributed by atoms with E-state index in [0.29, 0.717) is 23.3 Å². The number of aryl methyl sites for hydroxylation is 2. The van der Waals surface area contributed by atoms with Gasteiger partial charge < -0.3 is 10.3 Å². The second kappa shape index (κ2) is 7.25. The Labute approximate surface area is 154 Å². The number of para-hydroxylation sites is 1. The molecule has 7 heteroatoms. The normalized spacial score (nSPS) is 10.8. The number of nitrogens with one attached hydrogen (secondary N) is 2. The van der Waals surface area contributed by atoms with Gasteiger partial charge in [0.15, 0.2) is 5.82 Å². The molecule has 0 radical (unpaired) electrons. The maximum Gasteiger partial charge on any atom is 0.262 e. The number of fused-ring (bicyclic) bond motifs is 1. The number of aromatic amines is 1. The summed E-state index contributed by atoms with van der Waals surface area (Å²) >= 11 is 0. The minimum atomic E-state index is -0.485. The molecule has 3 aromatic heterocycles. The number of pyridine rings is 2. The number of carbonyl (C=O) groups is 1. The topological polar surface area (TPSA) is 92.7 Å². The highest BCUT2D eigenvalue weighted by molar-refractivity contribution is 6.05. The minimum absolute atomic E-state index is 0.0556. The van der Waals surface area contributed by atoms with E-state index >= 15 is 0 Å². The van der Waals surface area contributed by atoms with E-state index in [2.05, 4.69) is 20.4 Å². The van der Waals surface area contributed by atoms with E-state index in [1.54, 1.807) is 47.5 Å². The van der Waals surface area contributed by atoms with Gasteiger partial charge >= 0.3 is 0 Å². The fourth-order valence-electron chi connectivity index (χ4n) is 2.87. The van der Waals surface area contributed by atoms with Gasteiger partial charge in [0.25, 0.3) is 5.91 Å². The third-order valence-corrected chi connectivity index (χ3v) is 4.29. The van der Waals surface area contributed by atoms with E-state index < -0.39 is 5.91 Å². The number of rotatable bonds is 5. The van der Waals surface area contributed by atoms with Crippen LogP contribution in [-0.2, 0) is 13.0 Å². The molecule has 2 N–H and O–H groups in total. The monoisotopic (exact) mass is 359 g/mol. The van der Waals surface area contributed by atoms with Crippen molar-refractivity contribution >= 4 is 22.6 Å². The Kier molecular flexibility index (Phi) is 4.49. The second-order valence-electron chi connectivity index (χ2n) is 6.10. The maximum absolute atomic E-state index is 12.5. The van der Waals surface area contributed by atoms with Crippen LogP contribution in [0.2, 0.25) is 0 Å². The van der Waals surface area contributed by atoms with Crippen molar-refractivity contribution in [1.29, 1.82) is 0 Å². The molecule has 0 aliphatic rings. The van der Waals surface area contributed by atoms with Gasteiger partial charge in [-0.2, -0.15) is 5.10 Å². The third-order valence-electron chi connectivity index (χ3n) is 4.29. The van der Waals surface area contributed by atoms with E-state index in [0.717, 1.165) is 12.0 Å². The van der Waals surface area contributed by atoms with Crippen LogP contribution in [0.4, 0.5) is 5.82 Å². The van der Waals surface area contributed by atoms with Crippen molar-refractivity contribution in [3.05, 3.63) is 88.6 Å². The van der Waals surface area contributed by atoms with Crippen molar-refractivity contribution < 1.29 is 4.79 Å². The van der Waals surface area contributed by atoms with Crippen LogP contribution in [0.25, 0.3) is 10.9 Å². The van der Waals surface area contributed by atoms with Gasteiger partial charge in [0, 0.05) is 48.3 Å². The molecule has 0 aliphatic heterocycles. The van der Waals surface area contributed by atoms with Crippen molar-refractivity contribution in [3.8, 4) is 0 Å². The van der Waals surface area contributed by atoms with Crippen molar-refractivity contribution in [2.75, 3.05) is 5.32 Å². The number of nitrogens with zero attached hydrogens (tertiary/aromatic N) is 3. The first-order chi connectivity index (χ1) is 13.2. The first-order valence-electron chi connectivity index (χ1n) is 8.55. The maximum atomic E-state index is 12.5. The SMILES string of the molecule is O=C(Nc1ccn(CCc2ccncc2)n1)c1c[nH]c2ccccc2c1=O. The van der Waals surface area contributed by atoms with Gasteiger partial charge in [-0.15, -0.1) is 0 Å². The molecule has 0 saturated carbocycles. The zero-order valence-corrected chi connectivity index (χ0v) is 14.4. The number of benzene rings is 1. The predicted molar refractivity (Wildman–Crippen MR) is 103 cm³/mol. The molecule has 27 heavy (non-hydrogen) atoms. The van der Waals surface area contributed by atoms with Crippen LogP contribution in [0.5, 0.6) is 0 Å². The quantitative estimate of drug-likeness (QED) is 0.573. The lowest BCUT2D eigenvalue weighted by Gasteiger charge is -2.04. The Morgan fingerprint density at radius 1 is 1.11 bits per heavy atom. The molecule has 134 valence electrons. The number of hydrogen-bond acceptors (Lipinski definition) is 4. The number of H-pyrrole nitrogens is 1. The van der Waals surface area contributed by atoms with Crippen LogP contribution in [0.1, 0.15) is 15.9 Å². The second-order valence-corrected chi connectivity index (χ2v) is 6.10. The Bertz CT molecular complexity index is 1150. The number of anilines is 1. The third kappa shape index (κ3) is 3.62. The van der Waals surface area contributed by atoms with Crippen molar-refractivity contribution in [2.24, 2.45) is 0 Å². The Morgan fingerprint density at radius 2 is 1.93 bits per heavy atom. The highest BCUT2D eigenvalue weighted by Gasteiger charge is 2.14. The number of carbonyl (C=O) groups excluding carboxylic acids is 1. The summed E-state index contributed by atoms with van der Waals surface area (Å²) in [4.78, 5) is 32.0. The first kappa shape index (κ1) is 16.7. The van der Waals surface area contributed by atoms with Crippen LogP contribution in [0.3, 0.4) is 0 Å². The Balaban J connectivity index is 1.47. The summed E-state index contributed by atoms with van der Waals surface area (Å²) in [7, 11) is 0. The lowest BCUT2D eigenvalue weighted by atomic mass is 10.1. The summed E-state index contributed by atoms with van der Waals surface area (Å²) in [5.41, 5.74) is 1.60. The average Bonchev–Trinajstić information content (AvgIpc) is 3.15. The molecule has 0 unspecified atom stereocenters. The number of amides is 1. The molecular weight excluding hydrogens is 342 g/mol. The van der Waals surface area contributed by atoms with Crippen LogP contribution < -0.4 is 10.7 Å². The summed E-state index contributed by atoms with van der Waals surface area (Å²) < 4.78 is 1.75. The van der Waals surface area contributed by atoms with Gasteiger partial charge in [0.1, 0.15) is 5.56 Å². The fraction of sp³-hybridized carbons (Fsp3) is 0.100. The first-order valence-corrected chi connectivity index (χ1v) is 8.55. The molecule has 0 atom stereocenters. The molecule has 4 rings (SSSR count). The molecule has 0 fully saturated rings. The van der Waals surface area contributed by atoms with Gasteiger partial charge in [-0.25, -0.2) is 0 Å². The molecule has 0 spiro atoms. The number of aromatic nitrogens is 4. The van der Waals surface area contributed by atoms with Crippen molar-refractivity contribution in [3.63, 3.8) is 0 Å². The summed E-state index contributed by atoms with van der Waals surface area (Å²) in [5.74, 6) is -0.0799. The smallest absolute Gasteiger partial charge is 0.262 e. The van der Waals surface area contributed by atoms with E-state index in [1.165, 1.54) is 6.20 Å². The highest BCUT2D eigenvalue weighted by Crippen LogP contribution is 2.10. The predicted octanol–water partition coefficient (Wildman–Crippen LogP) is 2.61. The summed E-state index contributed by atoms with van der Waals surface area (Å²) in [6, 6.07) is 12.7. The van der Waals surface area contributed by atoms with Gasteiger partial charge in [0.2, 0.25) is 5.43 Å². The van der Waals surface area contributed by atoms with E-state index in [4.69, 9.17) is 0 Å². The molecule has 1 aromatic carbocycles. The van der Waals surface area contributed by atoms with E-state index in [-0.39, 0.29) is 11.0 Å². The largest absolute Gasteiger partial charge is 0.360 e. The van der Waals surface area contributed by atoms with Crippen molar-refractivity contribution in [2.45, 2.75) is 13.0 Å². The Hall–Kier alpha value is -3.74. The zero-order chi connectivity index (χ0) is 18.6. The van der Waals surface area contributed by atoms with Gasteiger partial charge in [-0.3, -0.25) is 19.3 Å². The molecule has 3 heterocycles. The van der Waals surface area contributed by atoms with Crippen LogP contribution >= 0.6 is 0 Å². The fourth-order valence-corrected chi connectivity index (χ4v) is 2.87. The average molecular weight is 359 g/mol. The van der Waals surface area contributed by atoms with Crippen LogP contribution in [-0.4, -0.2) is 25.7 Å². The molecule has 7 nitrogen and oxygen atoms in total. The van der Waals surface area contributed by atoms with Gasteiger partial charge in [0.05, 0.1) is 0 Å². The Morgan fingerprint density at radius 3 is 2.78 bits per heavy atom. The molecule has 0 bridgehead atoms. The van der Waals surface area contributed by atoms with Gasteiger partial charge in [-0.1, -0.05) is 12.1 Å². The lowest BCUT2D eigenvalue weighted by molar-refractivity contribution is 0.102.